The average molecular weight is 410 g/mol. The molecule has 1 fully saturated rings. The van der Waals surface area contributed by atoms with Crippen LogP contribution in [0.25, 0.3) is 21.6 Å². The summed E-state index contributed by atoms with van der Waals surface area (Å²) >= 11 is 1.83. The number of anilines is 1. The van der Waals surface area contributed by atoms with Crippen molar-refractivity contribution in [1.82, 2.24) is 19.9 Å². The second-order valence-electron chi connectivity index (χ2n) is 8.44. The van der Waals surface area contributed by atoms with Crippen molar-refractivity contribution in [1.29, 1.82) is 0 Å². The van der Waals surface area contributed by atoms with E-state index in [0.29, 0.717) is 0 Å². The highest BCUT2D eigenvalue weighted by atomic mass is 32.1. The van der Waals surface area contributed by atoms with E-state index in [-0.39, 0.29) is 5.54 Å². The molecule has 1 saturated heterocycles. The molecular formula is C22H27N5OS. The number of rotatable bonds is 5. The molecule has 3 aromatic heterocycles. The standard InChI is InChI=1S/C22H27N5OS/c1-22(2,27-9-11-28-12-10-27)14-24-20-18-16-6-3-7-17(16)29-21(18)26-19(25-20)15-5-4-8-23-13-15/h4-5,8,13H,3,6-7,9-12,14H2,1-2H3,(H,24,25,26). The van der Waals surface area contributed by atoms with Crippen LogP contribution in [0.5, 0.6) is 0 Å². The van der Waals surface area contributed by atoms with Gasteiger partial charge in [0.1, 0.15) is 10.6 Å². The van der Waals surface area contributed by atoms with Crippen LogP contribution in [0.1, 0.15) is 30.7 Å². The molecule has 0 aromatic carbocycles. The molecule has 152 valence electrons. The summed E-state index contributed by atoms with van der Waals surface area (Å²) in [5.74, 6) is 1.71. The monoisotopic (exact) mass is 409 g/mol. The fourth-order valence-corrected chi connectivity index (χ4v) is 5.59. The maximum absolute atomic E-state index is 5.53. The molecule has 3 aromatic rings. The van der Waals surface area contributed by atoms with Gasteiger partial charge in [-0.05, 0) is 50.8 Å². The largest absolute Gasteiger partial charge is 0.379 e. The lowest BCUT2D eigenvalue weighted by molar-refractivity contribution is -0.00569. The smallest absolute Gasteiger partial charge is 0.164 e. The van der Waals surface area contributed by atoms with E-state index >= 15 is 0 Å². The van der Waals surface area contributed by atoms with Gasteiger partial charge in [0.05, 0.1) is 18.6 Å². The molecule has 0 unspecified atom stereocenters. The molecular weight excluding hydrogens is 382 g/mol. The number of pyridine rings is 1. The zero-order valence-corrected chi connectivity index (χ0v) is 17.9. The molecule has 5 rings (SSSR count). The topological polar surface area (TPSA) is 63.2 Å². The predicted molar refractivity (Wildman–Crippen MR) is 118 cm³/mol. The third-order valence-corrected chi connectivity index (χ3v) is 7.23. The number of hydrogen-bond acceptors (Lipinski definition) is 7. The summed E-state index contributed by atoms with van der Waals surface area (Å²) in [4.78, 5) is 19.2. The highest BCUT2D eigenvalue weighted by Crippen LogP contribution is 2.40. The quantitative estimate of drug-likeness (QED) is 0.692. The number of nitrogens with zero attached hydrogens (tertiary/aromatic N) is 4. The van der Waals surface area contributed by atoms with Crippen LogP contribution in [0.2, 0.25) is 0 Å². The number of aromatic nitrogens is 3. The summed E-state index contributed by atoms with van der Waals surface area (Å²) in [6.45, 7) is 8.99. The Labute approximate surface area is 175 Å². The van der Waals surface area contributed by atoms with Crippen molar-refractivity contribution in [3.8, 4) is 11.4 Å². The van der Waals surface area contributed by atoms with E-state index in [1.165, 1.54) is 22.2 Å². The third-order valence-electron chi connectivity index (χ3n) is 6.04. The Balaban J connectivity index is 1.51. The summed E-state index contributed by atoms with van der Waals surface area (Å²) in [5.41, 5.74) is 2.43. The Kier molecular flexibility index (Phi) is 4.97. The van der Waals surface area contributed by atoms with Crippen LogP contribution >= 0.6 is 11.3 Å². The summed E-state index contributed by atoms with van der Waals surface area (Å²) in [6, 6.07) is 3.96. The maximum Gasteiger partial charge on any atom is 0.164 e. The lowest BCUT2D eigenvalue weighted by atomic mass is 10.0. The second kappa shape index (κ2) is 7.63. The molecule has 0 atom stereocenters. The number of ether oxygens (including phenoxy) is 1. The number of aryl methyl sites for hydroxylation is 2. The van der Waals surface area contributed by atoms with Crippen molar-refractivity contribution >= 4 is 27.4 Å². The summed E-state index contributed by atoms with van der Waals surface area (Å²) in [7, 11) is 0. The molecule has 29 heavy (non-hydrogen) atoms. The molecule has 4 heterocycles. The van der Waals surface area contributed by atoms with E-state index in [1.807, 2.05) is 29.7 Å². The average Bonchev–Trinajstić information content (AvgIpc) is 3.34. The van der Waals surface area contributed by atoms with Gasteiger partial charge in [-0.2, -0.15) is 0 Å². The normalized spacial score (nSPS) is 17.6. The molecule has 0 saturated carbocycles. The minimum atomic E-state index is 0.0225. The van der Waals surface area contributed by atoms with Crippen molar-refractivity contribution in [2.75, 3.05) is 38.2 Å². The van der Waals surface area contributed by atoms with Crippen LogP contribution in [-0.4, -0.2) is 58.2 Å². The van der Waals surface area contributed by atoms with Crippen LogP contribution in [0.15, 0.2) is 24.5 Å². The maximum atomic E-state index is 5.53. The SMILES string of the molecule is CC(C)(CNc1nc(-c2cccnc2)nc2sc3c(c12)CCC3)N1CCOCC1. The Morgan fingerprint density at radius 2 is 2.07 bits per heavy atom. The van der Waals surface area contributed by atoms with Crippen molar-refractivity contribution in [2.45, 2.75) is 38.6 Å². The van der Waals surface area contributed by atoms with Crippen molar-refractivity contribution in [2.24, 2.45) is 0 Å². The summed E-state index contributed by atoms with van der Waals surface area (Å²) in [6.07, 6.45) is 7.15. The van der Waals surface area contributed by atoms with Gasteiger partial charge in [-0.3, -0.25) is 9.88 Å². The Hall–Kier alpha value is -2.09. The zero-order chi connectivity index (χ0) is 19.8. The van der Waals surface area contributed by atoms with E-state index in [9.17, 15) is 0 Å². The Morgan fingerprint density at radius 3 is 2.86 bits per heavy atom. The van der Waals surface area contributed by atoms with Crippen LogP contribution in [0.3, 0.4) is 0 Å². The molecule has 2 aliphatic rings. The van der Waals surface area contributed by atoms with Gasteiger partial charge in [0.25, 0.3) is 0 Å². The van der Waals surface area contributed by atoms with Gasteiger partial charge < -0.3 is 10.1 Å². The van der Waals surface area contributed by atoms with E-state index in [1.54, 1.807) is 6.20 Å². The minimum Gasteiger partial charge on any atom is -0.379 e. The third kappa shape index (κ3) is 3.63. The van der Waals surface area contributed by atoms with Gasteiger partial charge >= 0.3 is 0 Å². The molecule has 0 radical (unpaired) electrons. The van der Waals surface area contributed by atoms with Gasteiger partial charge in [0, 0.05) is 48.0 Å². The number of nitrogens with one attached hydrogen (secondary N) is 1. The Bertz CT molecular complexity index is 1010. The molecule has 7 heteroatoms. The fraction of sp³-hybridized carbons (Fsp3) is 0.500. The van der Waals surface area contributed by atoms with Gasteiger partial charge in [0.15, 0.2) is 5.82 Å². The fourth-order valence-electron chi connectivity index (χ4n) is 4.33. The lowest BCUT2D eigenvalue weighted by Gasteiger charge is -2.41. The van der Waals surface area contributed by atoms with E-state index in [0.717, 1.165) is 67.7 Å². The molecule has 1 aliphatic carbocycles. The first kappa shape index (κ1) is 18.9. The second-order valence-corrected chi connectivity index (χ2v) is 9.52. The molecule has 0 spiro atoms. The first-order chi connectivity index (χ1) is 14.1. The van der Waals surface area contributed by atoms with Crippen LogP contribution < -0.4 is 5.32 Å². The highest BCUT2D eigenvalue weighted by molar-refractivity contribution is 7.19. The number of thiophene rings is 1. The zero-order valence-electron chi connectivity index (χ0n) is 17.1. The van der Waals surface area contributed by atoms with Crippen molar-refractivity contribution in [3.05, 3.63) is 35.0 Å². The molecule has 0 bridgehead atoms. The molecule has 6 nitrogen and oxygen atoms in total. The summed E-state index contributed by atoms with van der Waals surface area (Å²) in [5, 5.41) is 4.93. The number of hydrogen-bond donors (Lipinski definition) is 1. The number of morpholine rings is 1. The highest BCUT2D eigenvalue weighted by Gasteiger charge is 2.29. The van der Waals surface area contributed by atoms with E-state index < -0.39 is 0 Å². The van der Waals surface area contributed by atoms with Gasteiger partial charge in [-0.1, -0.05) is 0 Å². The van der Waals surface area contributed by atoms with Gasteiger partial charge in [-0.25, -0.2) is 9.97 Å². The number of fused-ring (bicyclic) bond motifs is 3. The van der Waals surface area contributed by atoms with E-state index in [2.05, 4.69) is 29.0 Å². The first-order valence-corrected chi connectivity index (χ1v) is 11.2. The molecule has 0 amide bonds. The van der Waals surface area contributed by atoms with Gasteiger partial charge in [-0.15, -0.1) is 11.3 Å². The van der Waals surface area contributed by atoms with Crippen molar-refractivity contribution < 1.29 is 4.74 Å². The summed E-state index contributed by atoms with van der Waals surface area (Å²) < 4.78 is 5.53. The molecule has 1 aliphatic heterocycles. The Morgan fingerprint density at radius 1 is 1.21 bits per heavy atom. The minimum absolute atomic E-state index is 0.0225. The first-order valence-electron chi connectivity index (χ1n) is 10.4. The van der Waals surface area contributed by atoms with Crippen molar-refractivity contribution in [3.63, 3.8) is 0 Å². The van der Waals surface area contributed by atoms with Gasteiger partial charge in [0.2, 0.25) is 0 Å². The van der Waals surface area contributed by atoms with E-state index in [4.69, 9.17) is 14.7 Å². The predicted octanol–water partition coefficient (Wildman–Crippen LogP) is 3.76. The van der Waals surface area contributed by atoms with Crippen LogP contribution in [0, 0.1) is 0 Å². The lowest BCUT2D eigenvalue weighted by Crippen LogP contribution is -2.53. The molecule has 1 N–H and O–H groups in total. The van der Waals surface area contributed by atoms with Crippen LogP contribution in [0.4, 0.5) is 5.82 Å². The van der Waals surface area contributed by atoms with Crippen LogP contribution in [-0.2, 0) is 17.6 Å².